The molecule has 0 bridgehead atoms. The van der Waals surface area contributed by atoms with Crippen molar-refractivity contribution in [2.75, 3.05) is 12.4 Å². The zero-order valence-corrected chi connectivity index (χ0v) is 16.5. The van der Waals surface area contributed by atoms with Crippen LogP contribution >= 0.6 is 23.5 Å². The maximum Gasteiger partial charge on any atom is 0.293 e. The van der Waals surface area contributed by atoms with Crippen molar-refractivity contribution in [3.8, 4) is 0 Å². The highest BCUT2D eigenvalue weighted by atomic mass is 32.2. The topological polar surface area (TPSA) is 101 Å². The number of hydrogen-bond acceptors (Lipinski definition) is 7. The predicted molar refractivity (Wildman–Crippen MR) is 109 cm³/mol. The highest BCUT2D eigenvalue weighted by molar-refractivity contribution is 8.18. The van der Waals surface area contributed by atoms with E-state index in [1.165, 1.54) is 36.4 Å². The molecule has 150 valence electrons. The summed E-state index contributed by atoms with van der Waals surface area (Å²) in [4.78, 5) is 37.2. The lowest BCUT2D eigenvalue weighted by Gasteiger charge is -2.12. The van der Waals surface area contributed by atoms with E-state index < -0.39 is 21.9 Å². The first kappa shape index (κ1) is 21.0. The molecule has 0 aliphatic carbocycles. The molecule has 1 saturated heterocycles. The summed E-state index contributed by atoms with van der Waals surface area (Å²) in [5.74, 6) is -0.599. The number of aliphatic hydroxyl groups is 1. The van der Waals surface area contributed by atoms with Crippen LogP contribution < -0.4 is 0 Å². The zero-order chi connectivity index (χ0) is 21.0. The van der Waals surface area contributed by atoms with Gasteiger partial charge in [-0.15, -0.1) is 11.8 Å². The van der Waals surface area contributed by atoms with Gasteiger partial charge in [-0.1, -0.05) is 18.2 Å². The van der Waals surface area contributed by atoms with Gasteiger partial charge < -0.3 is 5.11 Å². The highest BCUT2D eigenvalue weighted by Gasteiger charge is 2.35. The molecule has 10 heteroatoms. The second-order valence-corrected chi connectivity index (χ2v) is 8.08. The number of thioether (sulfide) groups is 2. The summed E-state index contributed by atoms with van der Waals surface area (Å²) in [6, 6.07) is 9.98. The number of amides is 2. The van der Waals surface area contributed by atoms with E-state index in [9.17, 15) is 24.1 Å². The van der Waals surface area contributed by atoms with Gasteiger partial charge in [0, 0.05) is 11.8 Å². The Hall–Kier alpha value is -2.69. The van der Waals surface area contributed by atoms with Crippen molar-refractivity contribution in [3.63, 3.8) is 0 Å². The second-order valence-electron chi connectivity index (χ2n) is 5.95. The number of nitro groups is 1. The number of carbonyl (C=O) groups is 2. The molecule has 0 unspecified atom stereocenters. The lowest BCUT2D eigenvalue weighted by Crippen LogP contribution is -2.27. The van der Waals surface area contributed by atoms with E-state index >= 15 is 0 Å². The monoisotopic (exact) mass is 434 g/mol. The average molecular weight is 434 g/mol. The minimum Gasteiger partial charge on any atom is -0.396 e. The van der Waals surface area contributed by atoms with Crippen LogP contribution in [0.4, 0.5) is 14.9 Å². The molecule has 29 heavy (non-hydrogen) atoms. The van der Waals surface area contributed by atoms with Gasteiger partial charge in [0.1, 0.15) is 5.82 Å². The van der Waals surface area contributed by atoms with Gasteiger partial charge in [-0.25, -0.2) is 4.39 Å². The summed E-state index contributed by atoms with van der Waals surface area (Å²) in [6.45, 7) is -0.0933. The average Bonchev–Trinajstić information content (AvgIpc) is 2.95. The molecule has 2 aromatic rings. The zero-order valence-electron chi connectivity index (χ0n) is 14.9. The van der Waals surface area contributed by atoms with Crippen molar-refractivity contribution in [3.05, 3.63) is 74.4 Å². The van der Waals surface area contributed by atoms with Crippen molar-refractivity contribution in [2.45, 2.75) is 11.4 Å². The normalized spacial score (nSPS) is 15.4. The molecule has 1 heterocycles. The lowest BCUT2D eigenvalue weighted by molar-refractivity contribution is -0.387. The molecule has 3 rings (SSSR count). The molecule has 0 atom stereocenters. The lowest BCUT2D eigenvalue weighted by atomic mass is 10.1. The molecule has 1 aliphatic heterocycles. The van der Waals surface area contributed by atoms with Gasteiger partial charge in [-0.3, -0.25) is 24.6 Å². The fourth-order valence-corrected chi connectivity index (χ4v) is 4.20. The number of halogens is 1. The summed E-state index contributed by atoms with van der Waals surface area (Å²) in [7, 11) is 0. The van der Waals surface area contributed by atoms with E-state index in [2.05, 4.69) is 0 Å². The van der Waals surface area contributed by atoms with Crippen LogP contribution in [0.15, 0.2) is 52.3 Å². The number of rotatable bonds is 7. The Kier molecular flexibility index (Phi) is 6.68. The number of nitro benzene ring substituents is 1. The Labute approximate surface area is 173 Å². The van der Waals surface area contributed by atoms with Crippen LogP contribution in [0.2, 0.25) is 0 Å². The predicted octanol–water partition coefficient (Wildman–Crippen LogP) is 4.05. The van der Waals surface area contributed by atoms with E-state index in [0.717, 1.165) is 28.4 Å². The van der Waals surface area contributed by atoms with Crippen LogP contribution in [0.1, 0.15) is 11.1 Å². The summed E-state index contributed by atoms with van der Waals surface area (Å²) in [6.07, 6.45) is 1.43. The standard InChI is InChI=1S/C19H15FN2O5S2/c20-14-4-1-12(2-5-14)11-21-18(24)17(29-19(21)25)10-13-3-6-16(28-8-7-23)15(9-13)22(26)27/h1-6,9-10,23H,7-8,11H2/b17-10-. The van der Waals surface area contributed by atoms with E-state index in [0.29, 0.717) is 21.8 Å². The molecule has 1 aliphatic rings. The third kappa shape index (κ3) is 5.03. The molecule has 7 nitrogen and oxygen atoms in total. The number of benzene rings is 2. The first-order valence-corrected chi connectivity index (χ1v) is 10.2. The second kappa shape index (κ2) is 9.21. The van der Waals surface area contributed by atoms with Crippen LogP contribution in [0.25, 0.3) is 6.08 Å². The largest absolute Gasteiger partial charge is 0.396 e. The SMILES string of the molecule is O=C1S/C(=C\c2ccc(SCCO)c([N+](=O)[O-])c2)C(=O)N1Cc1ccc(F)cc1. The molecule has 0 spiro atoms. The molecular formula is C19H15FN2O5S2. The molecule has 2 amide bonds. The Morgan fingerprint density at radius 2 is 1.93 bits per heavy atom. The molecule has 0 aromatic heterocycles. The molecule has 0 saturated carbocycles. The molecule has 1 fully saturated rings. The van der Waals surface area contributed by atoms with Gasteiger partial charge in [-0.05, 0) is 47.2 Å². The third-order valence-corrected chi connectivity index (χ3v) is 5.90. The van der Waals surface area contributed by atoms with Gasteiger partial charge >= 0.3 is 0 Å². The minimum absolute atomic E-state index is 0.0131. The summed E-state index contributed by atoms with van der Waals surface area (Å²) in [5.41, 5.74) is 0.885. The molecule has 0 radical (unpaired) electrons. The fourth-order valence-electron chi connectivity index (χ4n) is 2.60. The van der Waals surface area contributed by atoms with E-state index in [1.807, 2.05) is 0 Å². The van der Waals surface area contributed by atoms with E-state index in [4.69, 9.17) is 5.11 Å². The van der Waals surface area contributed by atoms with Crippen LogP contribution in [0.3, 0.4) is 0 Å². The van der Waals surface area contributed by atoms with E-state index in [1.54, 1.807) is 12.1 Å². The van der Waals surface area contributed by atoms with Crippen molar-refractivity contribution in [2.24, 2.45) is 0 Å². The number of nitrogens with zero attached hydrogens (tertiary/aromatic N) is 2. The maximum atomic E-state index is 13.0. The number of carbonyl (C=O) groups excluding carboxylic acids is 2. The minimum atomic E-state index is -0.530. The van der Waals surface area contributed by atoms with Gasteiger partial charge in [0.2, 0.25) is 0 Å². The van der Waals surface area contributed by atoms with Crippen LogP contribution in [-0.2, 0) is 11.3 Å². The Balaban J connectivity index is 1.82. The summed E-state index contributed by atoms with van der Waals surface area (Å²) >= 11 is 1.90. The fraction of sp³-hybridized carbons (Fsp3) is 0.158. The number of imide groups is 1. The van der Waals surface area contributed by atoms with Crippen molar-refractivity contribution in [1.82, 2.24) is 4.90 Å². The third-order valence-electron chi connectivity index (χ3n) is 3.95. The number of aliphatic hydroxyl groups excluding tert-OH is 1. The van der Waals surface area contributed by atoms with Crippen molar-refractivity contribution >= 4 is 46.4 Å². The van der Waals surface area contributed by atoms with Gasteiger partial charge in [0.15, 0.2) is 0 Å². The quantitative estimate of drug-likeness (QED) is 0.304. The summed E-state index contributed by atoms with van der Waals surface area (Å²) in [5, 5.41) is 19.8. The molecule has 1 N–H and O–H groups in total. The Morgan fingerprint density at radius 3 is 2.59 bits per heavy atom. The first-order chi connectivity index (χ1) is 13.9. The number of hydrogen-bond donors (Lipinski definition) is 1. The van der Waals surface area contributed by atoms with Crippen LogP contribution in [0.5, 0.6) is 0 Å². The van der Waals surface area contributed by atoms with Gasteiger partial charge in [0.25, 0.3) is 16.8 Å². The van der Waals surface area contributed by atoms with Crippen LogP contribution in [0, 0.1) is 15.9 Å². The van der Waals surface area contributed by atoms with E-state index in [-0.39, 0.29) is 23.7 Å². The Morgan fingerprint density at radius 1 is 1.21 bits per heavy atom. The van der Waals surface area contributed by atoms with Crippen LogP contribution in [-0.4, -0.2) is 38.4 Å². The van der Waals surface area contributed by atoms with Crippen molar-refractivity contribution in [1.29, 1.82) is 0 Å². The highest BCUT2D eigenvalue weighted by Crippen LogP contribution is 2.35. The molecular weight excluding hydrogens is 419 g/mol. The smallest absolute Gasteiger partial charge is 0.293 e. The van der Waals surface area contributed by atoms with Gasteiger partial charge in [-0.2, -0.15) is 0 Å². The summed E-state index contributed by atoms with van der Waals surface area (Å²) < 4.78 is 13.0. The van der Waals surface area contributed by atoms with Crippen molar-refractivity contribution < 1.29 is 24.0 Å². The molecule has 2 aromatic carbocycles. The maximum absolute atomic E-state index is 13.0. The Bertz CT molecular complexity index is 995. The first-order valence-electron chi connectivity index (χ1n) is 8.41. The van der Waals surface area contributed by atoms with Gasteiger partial charge in [0.05, 0.1) is 27.9 Å².